The Labute approximate surface area is 110 Å². The number of amides is 1. The summed E-state index contributed by atoms with van der Waals surface area (Å²) >= 11 is 0. The van der Waals surface area contributed by atoms with Gasteiger partial charge in [0.2, 0.25) is 5.91 Å². The van der Waals surface area contributed by atoms with E-state index in [1.54, 1.807) is 7.11 Å². The van der Waals surface area contributed by atoms with Crippen LogP contribution in [-0.4, -0.2) is 57.0 Å². The van der Waals surface area contributed by atoms with Crippen LogP contribution in [0.3, 0.4) is 0 Å². The molecule has 1 saturated heterocycles. The lowest BCUT2D eigenvalue weighted by Crippen LogP contribution is -2.31. The molecular weight excluding hydrogens is 232 g/mol. The molecule has 1 N–H and O–H groups in total. The largest absolute Gasteiger partial charge is 0.382 e. The Hall–Kier alpha value is -0.650. The zero-order valence-corrected chi connectivity index (χ0v) is 11.6. The van der Waals surface area contributed by atoms with Crippen molar-refractivity contribution in [2.75, 3.05) is 40.1 Å². The highest BCUT2D eigenvalue weighted by molar-refractivity contribution is 5.83. The number of carbonyl (C=O) groups is 1. The molecule has 5 nitrogen and oxygen atoms in total. The first-order chi connectivity index (χ1) is 8.79. The smallest absolute Gasteiger partial charge is 0.240 e. The molecule has 0 saturated carbocycles. The Morgan fingerprint density at radius 1 is 1.33 bits per heavy atom. The molecule has 0 radical (unpaired) electrons. The number of unbranched alkanes of at least 4 members (excludes halogenated alkanes) is 1. The summed E-state index contributed by atoms with van der Waals surface area (Å²) in [6, 6.07) is 0.0411. The molecule has 1 fully saturated rings. The number of nitrogens with zero attached hydrogens (tertiary/aromatic N) is 1. The van der Waals surface area contributed by atoms with Crippen molar-refractivity contribution in [3.05, 3.63) is 0 Å². The minimum atomic E-state index is 0.0411. The van der Waals surface area contributed by atoms with Crippen molar-refractivity contribution in [3.8, 4) is 0 Å². The molecule has 1 aliphatic heterocycles. The standard InChI is InChI=1S/C13H26N2O3/c1-3-4-6-12-13(16)15(11-14-12)7-5-8-18-10-9-17-2/h12,14H,3-11H2,1-2H3. The SMILES string of the molecule is CCCCC1NCN(CCCOCCOC)C1=O. The molecular formula is C13H26N2O3. The third-order valence-electron chi connectivity index (χ3n) is 3.13. The molecule has 5 heteroatoms. The van der Waals surface area contributed by atoms with Gasteiger partial charge < -0.3 is 14.4 Å². The predicted octanol–water partition coefficient (Wildman–Crippen LogP) is 0.988. The fraction of sp³-hybridized carbons (Fsp3) is 0.923. The third-order valence-corrected chi connectivity index (χ3v) is 3.13. The van der Waals surface area contributed by atoms with Crippen LogP contribution in [0.25, 0.3) is 0 Å². The molecule has 0 aromatic carbocycles. The molecule has 0 spiro atoms. The number of hydrogen-bond donors (Lipinski definition) is 1. The van der Waals surface area contributed by atoms with Crippen molar-refractivity contribution in [1.82, 2.24) is 10.2 Å². The Morgan fingerprint density at radius 2 is 2.17 bits per heavy atom. The quantitative estimate of drug-likeness (QED) is 0.594. The summed E-state index contributed by atoms with van der Waals surface area (Å²) in [5.41, 5.74) is 0. The highest BCUT2D eigenvalue weighted by Gasteiger charge is 2.29. The average Bonchev–Trinajstić information content (AvgIpc) is 2.72. The van der Waals surface area contributed by atoms with Crippen LogP contribution in [0.2, 0.25) is 0 Å². The maximum atomic E-state index is 12.0. The van der Waals surface area contributed by atoms with Crippen molar-refractivity contribution >= 4 is 5.91 Å². The van der Waals surface area contributed by atoms with Crippen LogP contribution in [0.5, 0.6) is 0 Å². The van der Waals surface area contributed by atoms with Crippen molar-refractivity contribution in [2.24, 2.45) is 0 Å². The number of nitrogens with one attached hydrogen (secondary N) is 1. The first-order valence-electron chi connectivity index (χ1n) is 6.88. The topological polar surface area (TPSA) is 50.8 Å². The van der Waals surface area contributed by atoms with Gasteiger partial charge in [0, 0.05) is 20.3 Å². The summed E-state index contributed by atoms with van der Waals surface area (Å²) in [6.45, 7) is 5.55. The average molecular weight is 258 g/mol. The van der Waals surface area contributed by atoms with Gasteiger partial charge in [0.1, 0.15) is 0 Å². The van der Waals surface area contributed by atoms with Crippen LogP contribution in [-0.2, 0) is 14.3 Å². The summed E-state index contributed by atoms with van der Waals surface area (Å²) in [7, 11) is 1.66. The van der Waals surface area contributed by atoms with Crippen LogP contribution in [0.1, 0.15) is 32.6 Å². The molecule has 1 atom stereocenters. The monoisotopic (exact) mass is 258 g/mol. The Bertz CT molecular complexity index is 236. The summed E-state index contributed by atoms with van der Waals surface area (Å²) in [5, 5.41) is 3.27. The van der Waals surface area contributed by atoms with Crippen LogP contribution in [0.15, 0.2) is 0 Å². The van der Waals surface area contributed by atoms with E-state index in [2.05, 4.69) is 12.2 Å². The van der Waals surface area contributed by atoms with E-state index in [4.69, 9.17) is 9.47 Å². The van der Waals surface area contributed by atoms with E-state index < -0.39 is 0 Å². The van der Waals surface area contributed by atoms with E-state index in [9.17, 15) is 4.79 Å². The van der Waals surface area contributed by atoms with Crippen molar-refractivity contribution in [3.63, 3.8) is 0 Å². The normalized spacial score (nSPS) is 19.8. The minimum Gasteiger partial charge on any atom is -0.382 e. The van der Waals surface area contributed by atoms with E-state index in [-0.39, 0.29) is 11.9 Å². The van der Waals surface area contributed by atoms with Gasteiger partial charge in [0.15, 0.2) is 0 Å². The Balaban J connectivity index is 2.07. The zero-order chi connectivity index (χ0) is 13.2. The molecule has 1 unspecified atom stereocenters. The summed E-state index contributed by atoms with van der Waals surface area (Å²) in [4.78, 5) is 13.9. The van der Waals surface area contributed by atoms with Gasteiger partial charge >= 0.3 is 0 Å². The second-order valence-electron chi connectivity index (χ2n) is 4.62. The van der Waals surface area contributed by atoms with Crippen LogP contribution in [0.4, 0.5) is 0 Å². The van der Waals surface area contributed by atoms with Gasteiger partial charge in [-0.15, -0.1) is 0 Å². The van der Waals surface area contributed by atoms with Gasteiger partial charge in [0.25, 0.3) is 0 Å². The lowest BCUT2D eigenvalue weighted by Gasteiger charge is -2.15. The molecule has 18 heavy (non-hydrogen) atoms. The fourth-order valence-electron chi connectivity index (χ4n) is 2.03. The fourth-order valence-corrected chi connectivity index (χ4v) is 2.03. The van der Waals surface area contributed by atoms with E-state index in [1.165, 1.54) is 0 Å². The summed E-state index contributed by atoms with van der Waals surface area (Å²) in [5.74, 6) is 0.250. The van der Waals surface area contributed by atoms with Gasteiger partial charge in [-0.2, -0.15) is 0 Å². The van der Waals surface area contributed by atoms with Crippen LogP contribution >= 0.6 is 0 Å². The van der Waals surface area contributed by atoms with Crippen molar-refractivity contribution in [1.29, 1.82) is 0 Å². The first kappa shape index (κ1) is 15.4. The summed E-state index contributed by atoms with van der Waals surface area (Å²) < 4.78 is 10.3. The number of rotatable bonds is 10. The van der Waals surface area contributed by atoms with E-state index in [0.717, 1.165) is 32.2 Å². The van der Waals surface area contributed by atoms with Gasteiger partial charge in [-0.25, -0.2) is 0 Å². The van der Waals surface area contributed by atoms with Crippen LogP contribution in [0, 0.1) is 0 Å². The molecule has 0 aliphatic carbocycles. The van der Waals surface area contributed by atoms with E-state index in [0.29, 0.717) is 26.5 Å². The minimum absolute atomic E-state index is 0.0411. The molecule has 1 rings (SSSR count). The Morgan fingerprint density at radius 3 is 2.89 bits per heavy atom. The number of carbonyl (C=O) groups excluding carboxylic acids is 1. The van der Waals surface area contributed by atoms with Gasteiger partial charge in [0.05, 0.1) is 25.9 Å². The molecule has 1 aliphatic rings. The molecule has 0 aromatic heterocycles. The second-order valence-corrected chi connectivity index (χ2v) is 4.62. The Kier molecular flexibility index (Phi) is 7.96. The van der Waals surface area contributed by atoms with Gasteiger partial charge in [-0.05, 0) is 12.8 Å². The summed E-state index contributed by atoms with van der Waals surface area (Å²) in [6.07, 6.45) is 4.09. The van der Waals surface area contributed by atoms with Gasteiger partial charge in [-0.3, -0.25) is 10.1 Å². The van der Waals surface area contributed by atoms with Crippen molar-refractivity contribution < 1.29 is 14.3 Å². The maximum absolute atomic E-state index is 12.0. The van der Waals surface area contributed by atoms with Gasteiger partial charge in [-0.1, -0.05) is 19.8 Å². The number of hydrogen-bond acceptors (Lipinski definition) is 4. The third kappa shape index (κ3) is 5.33. The van der Waals surface area contributed by atoms with E-state index in [1.807, 2.05) is 4.90 Å². The van der Waals surface area contributed by atoms with Crippen LogP contribution < -0.4 is 5.32 Å². The van der Waals surface area contributed by atoms with E-state index >= 15 is 0 Å². The predicted molar refractivity (Wildman–Crippen MR) is 70.3 cm³/mol. The lowest BCUT2D eigenvalue weighted by molar-refractivity contribution is -0.129. The first-order valence-corrected chi connectivity index (χ1v) is 6.88. The lowest BCUT2D eigenvalue weighted by atomic mass is 10.1. The molecule has 0 aromatic rings. The number of methoxy groups -OCH3 is 1. The van der Waals surface area contributed by atoms with Crippen molar-refractivity contribution in [2.45, 2.75) is 38.6 Å². The molecule has 0 bridgehead atoms. The highest BCUT2D eigenvalue weighted by atomic mass is 16.5. The highest BCUT2D eigenvalue weighted by Crippen LogP contribution is 2.10. The molecule has 1 heterocycles. The second kappa shape index (κ2) is 9.30. The molecule has 106 valence electrons. The number of ether oxygens (including phenoxy) is 2. The zero-order valence-electron chi connectivity index (χ0n) is 11.6. The molecule has 1 amide bonds. The maximum Gasteiger partial charge on any atom is 0.240 e.